The molecule has 0 amide bonds. The molecule has 0 aromatic carbocycles. The van der Waals surface area contributed by atoms with Crippen molar-refractivity contribution in [3.05, 3.63) is 46.2 Å². The third kappa shape index (κ3) is 6.69. The van der Waals surface area contributed by atoms with Gasteiger partial charge < -0.3 is 14.4 Å². The summed E-state index contributed by atoms with van der Waals surface area (Å²) in [4.78, 5) is 20.7. The van der Waals surface area contributed by atoms with Crippen molar-refractivity contribution >= 4 is 22.6 Å². The molecule has 0 radical (unpaired) electrons. The number of ketones is 1. The van der Waals surface area contributed by atoms with Gasteiger partial charge in [0.2, 0.25) is 0 Å². The molecule has 5 heterocycles. The molecule has 11 heteroatoms. The number of halogens is 3. The van der Waals surface area contributed by atoms with Crippen molar-refractivity contribution in [1.82, 2.24) is 19.5 Å². The van der Waals surface area contributed by atoms with Gasteiger partial charge in [0.1, 0.15) is 0 Å². The number of hydrogen-bond donors (Lipinski definition) is 0. The lowest BCUT2D eigenvalue weighted by molar-refractivity contribution is -0.153. The lowest BCUT2D eigenvalue weighted by Gasteiger charge is -2.30. The lowest BCUT2D eigenvalue weighted by atomic mass is 9.90. The fraction of sp³-hybridized carbons (Fsp3) is 0.577. The van der Waals surface area contributed by atoms with Gasteiger partial charge in [-0.25, -0.2) is 9.50 Å². The summed E-state index contributed by atoms with van der Waals surface area (Å²) in [5.41, 5.74) is 3.31. The van der Waals surface area contributed by atoms with E-state index in [-0.39, 0.29) is 23.0 Å². The normalized spacial score (nSPS) is 21.1. The summed E-state index contributed by atoms with van der Waals surface area (Å²) in [5.74, 6) is 0.359. The van der Waals surface area contributed by atoms with Crippen molar-refractivity contribution in [2.75, 3.05) is 32.8 Å². The van der Waals surface area contributed by atoms with E-state index in [2.05, 4.69) is 15.0 Å². The third-order valence-corrected chi connectivity index (χ3v) is 8.14. The number of thiazole rings is 1. The maximum Gasteiger partial charge on any atom is 0.422 e. The summed E-state index contributed by atoms with van der Waals surface area (Å²) in [7, 11) is 0. The second-order valence-corrected chi connectivity index (χ2v) is 11.0. The molecule has 3 aromatic rings. The van der Waals surface area contributed by atoms with Gasteiger partial charge in [0.15, 0.2) is 12.4 Å². The number of carbonyl (C=O) groups is 1. The van der Waals surface area contributed by atoms with Crippen molar-refractivity contribution in [3.63, 3.8) is 0 Å². The highest BCUT2D eigenvalue weighted by atomic mass is 32.1. The molecule has 2 atom stereocenters. The van der Waals surface area contributed by atoms with Crippen molar-refractivity contribution in [1.29, 1.82) is 0 Å². The number of aromatic nitrogens is 3. The van der Waals surface area contributed by atoms with Crippen LogP contribution in [-0.4, -0.2) is 70.4 Å². The molecule has 2 aliphatic heterocycles. The number of carbonyl (C=O) groups excluding carboxylic acids is 1. The number of rotatable bonds is 8. The van der Waals surface area contributed by atoms with Crippen LogP contribution in [0.2, 0.25) is 0 Å². The first-order chi connectivity index (χ1) is 17.7. The quantitative estimate of drug-likeness (QED) is 0.382. The highest BCUT2D eigenvalue weighted by Crippen LogP contribution is 2.30. The predicted octanol–water partition coefficient (Wildman–Crippen LogP) is 4.90. The van der Waals surface area contributed by atoms with Crippen LogP contribution in [0, 0.1) is 12.8 Å². The SMILES string of the molecule is Cc1cc2c(C(=O)C[C@H]3CC[C@H](CCN4CCc5nc(OCC(F)(F)F)sc5CC4)OC3)cccn2n1. The number of nitrogens with zero attached hydrogens (tertiary/aromatic N) is 4. The minimum absolute atomic E-state index is 0.108. The largest absolute Gasteiger partial charge is 0.460 e. The number of ether oxygens (including phenoxy) is 2. The number of hydrogen-bond acceptors (Lipinski definition) is 7. The van der Waals surface area contributed by atoms with Crippen LogP contribution in [0.3, 0.4) is 0 Å². The van der Waals surface area contributed by atoms with Crippen LogP contribution in [0.5, 0.6) is 5.19 Å². The van der Waals surface area contributed by atoms with Crippen LogP contribution in [0.25, 0.3) is 5.52 Å². The van der Waals surface area contributed by atoms with Crippen LogP contribution in [0.15, 0.2) is 24.4 Å². The molecule has 0 unspecified atom stereocenters. The van der Waals surface area contributed by atoms with Gasteiger partial charge in [-0.3, -0.25) is 4.79 Å². The van der Waals surface area contributed by atoms with E-state index in [1.807, 2.05) is 31.3 Å². The second-order valence-electron chi connectivity index (χ2n) is 9.95. The maximum absolute atomic E-state index is 13.0. The maximum atomic E-state index is 13.0. The fourth-order valence-corrected chi connectivity index (χ4v) is 6.08. The first-order valence-electron chi connectivity index (χ1n) is 12.7. The van der Waals surface area contributed by atoms with E-state index in [1.54, 1.807) is 4.52 Å². The minimum atomic E-state index is -4.36. The summed E-state index contributed by atoms with van der Waals surface area (Å²) in [6, 6.07) is 5.68. The Morgan fingerprint density at radius 3 is 2.89 bits per heavy atom. The van der Waals surface area contributed by atoms with E-state index >= 15 is 0 Å². The Balaban J connectivity index is 1.04. The number of fused-ring (bicyclic) bond motifs is 2. The predicted molar refractivity (Wildman–Crippen MR) is 133 cm³/mol. The third-order valence-electron chi connectivity index (χ3n) is 7.07. The zero-order valence-corrected chi connectivity index (χ0v) is 21.6. The zero-order chi connectivity index (χ0) is 26.0. The van der Waals surface area contributed by atoms with E-state index in [0.29, 0.717) is 25.0 Å². The first-order valence-corrected chi connectivity index (χ1v) is 13.6. The molecule has 37 heavy (non-hydrogen) atoms. The van der Waals surface area contributed by atoms with E-state index in [0.717, 1.165) is 67.1 Å². The van der Waals surface area contributed by atoms with Crippen LogP contribution in [0.4, 0.5) is 13.2 Å². The number of pyridine rings is 1. The van der Waals surface area contributed by atoms with Crippen molar-refractivity contribution in [2.45, 2.75) is 57.7 Å². The van der Waals surface area contributed by atoms with Gasteiger partial charge in [-0.15, -0.1) is 0 Å². The summed E-state index contributed by atoms with van der Waals surface area (Å²) in [6.45, 7) is 3.79. The molecular formula is C26H31F3N4O3S. The number of Topliss-reactive ketones (excluding diaryl/α,β-unsaturated/α-hetero) is 1. The minimum Gasteiger partial charge on any atom is -0.460 e. The molecule has 2 aliphatic rings. The molecule has 3 aromatic heterocycles. The molecule has 0 bridgehead atoms. The molecule has 0 spiro atoms. The van der Waals surface area contributed by atoms with E-state index < -0.39 is 12.8 Å². The van der Waals surface area contributed by atoms with E-state index in [9.17, 15) is 18.0 Å². The molecule has 1 fully saturated rings. The van der Waals surface area contributed by atoms with E-state index in [4.69, 9.17) is 9.47 Å². The second kappa shape index (κ2) is 11.1. The van der Waals surface area contributed by atoms with Crippen LogP contribution in [0.1, 0.15) is 52.3 Å². The number of alkyl halides is 3. The molecule has 0 saturated carbocycles. The van der Waals surface area contributed by atoms with Crippen LogP contribution in [-0.2, 0) is 17.6 Å². The van der Waals surface area contributed by atoms with Gasteiger partial charge in [-0.05, 0) is 56.7 Å². The Bertz CT molecular complexity index is 1210. The van der Waals surface area contributed by atoms with Crippen molar-refractivity contribution in [2.24, 2.45) is 5.92 Å². The summed E-state index contributed by atoms with van der Waals surface area (Å²) in [5, 5.41) is 4.50. The summed E-state index contributed by atoms with van der Waals surface area (Å²) < 4.78 is 49.9. The Morgan fingerprint density at radius 2 is 2.11 bits per heavy atom. The molecular weight excluding hydrogens is 505 g/mol. The Hall–Kier alpha value is -2.50. The van der Waals surface area contributed by atoms with Gasteiger partial charge in [-0.1, -0.05) is 11.3 Å². The van der Waals surface area contributed by atoms with Gasteiger partial charge in [0, 0.05) is 49.1 Å². The Morgan fingerprint density at radius 1 is 1.27 bits per heavy atom. The highest BCUT2D eigenvalue weighted by Gasteiger charge is 2.30. The molecule has 5 rings (SSSR count). The topological polar surface area (TPSA) is 69.0 Å². The molecule has 200 valence electrons. The van der Waals surface area contributed by atoms with E-state index in [1.165, 1.54) is 11.3 Å². The fourth-order valence-electron chi connectivity index (χ4n) is 5.14. The zero-order valence-electron chi connectivity index (χ0n) is 20.8. The first kappa shape index (κ1) is 26.1. The smallest absolute Gasteiger partial charge is 0.422 e. The Labute approximate surface area is 217 Å². The average Bonchev–Trinajstić information content (AvgIpc) is 3.39. The van der Waals surface area contributed by atoms with Gasteiger partial charge >= 0.3 is 6.18 Å². The van der Waals surface area contributed by atoms with Gasteiger partial charge in [0.05, 0.1) is 29.6 Å². The molecule has 0 aliphatic carbocycles. The summed E-state index contributed by atoms with van der Waals surface area (Å²) >= 11 is 1.23. The molecule has 0 N–H and O–H groups in total. The van der Waals surface area contributed by atoms with Crippen LogP contribution >= 0.6 is 11.3 Å². The molecule has 7 nitrogen and oxygen atoms in total. The van der Waals surface area contributed by atoms with Gasteiger partial charge in [0.25, 0.3) is 5.19 Å². The van der Waals surface area contributed by atoms with Crippen LogP contribution < -0.4 is 4.74 Å². The standard InChI is InChI=1S/C26H31F3N4O3S/c1-17-13-22-20(3-2-9-33(22)31-17)23(34)14-18-4-5-19(35-15-18)6-10-32-11-7-21-24(8-12-32)37-25(30-21)36-16-26(27,28)29/h2-3,9,13,18-19H,4-8,10-12,14-16H2,1H3/t18-,19-/m1/s1. The Kier molecular flexibility index (Phi) is 7.83. The highest BCUT2D eigenvalue weighted by molar-refractivity contribution is 7.13. The summed E-state index contributed by atoms with van der Waals surface area (Å²) in [6.07, 6.45) is 2.48. The van der Waals surface area contributed by atoms with Crippen molar-refractivity contribution in [3.8, 4) is 5.19 Å². The van der Waals surface area contributed by atoms with Gasteiger partial charge in [-0.2, -0.15) is 18.3 Å². The monoisotopic (exact) mass is 536 g/mol. The van der Waals surface area contributed by atoms with Crippen molar-refractivity contribution < 1.29 is 27.4 Å². The average molecular weight is 537 g/mol. The molecule has 1 saturated heterocycles. The lowest BCUT2D eigenvalue weighted by Crippen LogP contribution is -2.33. The number of aryl methyl sites for hydroxylation is 1.